The Morgan fingerprint density at radius 3 is 2.79 bits per heavy atom. The predicted octanol–water partition coefficient (Wildman–Crippen LogP) is 3.65. The van der Waals surface area contributed by atoms with Crippen LogP contribution in [0.2, 0.25) is 5.02 Å². The fourth-order valence-electron chi connectivity index (χ4n) is 1.92. The van der Waals surface area contributed by atoms with Gasteiger partial charge in [-0.05, 0) is 17.7 Å². The minimum atomic E-state index is -0.366. The Kier molecular flexibility index (Phi) is 4.72. The number of nitrogens with zero attached hydrogens (tertiary/aromatic N) is 3. The molecule has 0 amide bonds. The van der Waals surface area contributed by atoms with Crippen molar-refractivity contribution in [1.29, 1.82) is 0 Å². The first-order chi connectivity index (χ1) is 11.6. The second kappa shape index (κ2) is 7.10. The Morgan fingerprint density at radius 1 is 1.17 bits per heavy atom. The molecule has 0 fully saturated rings. The van der Waals surface area contributed by atoms with Gasteiger partial charge in [0.15, 0.2) is 5.82 Å². The Bertz CT molecular complexity index is 844. The predicted molar refractivity (Wildman–Crippen MR) is 89.5 cm³/mol. The number of halogens is 2. The highest BCUT2D eigenvalue weighted by Crippen LogP contribution is 2.24. The lowest BCUT2D eigenvalue weighted by Gasteiger charge is -2.09. The Morgan fingerprint density at radius 2 is 2.04 bits per heavy atom. The second-order valence-electron chi connectivity index (χ2n) is 4.84. The van der Waals surface area contributed by atoms with Gasteiger partial charge in [-0.15, -0.1) is 0 Å². The first-order valence-corrected chi connectivity index (χ1v) is 7.38. The van der Waals surface area contributed by atoms with Gasteiger partial charge in [-0.1, -0.05) is 23.7 Å². The third-order valence-electron chi connectivity index (χ3n) is 3.09. The maximum absolute atomic E-state index is 13.1. The smallest absolute Gasteiger partial charge is 0.219 e. The molecule has 1 aromatic carbocycles. The lowest BCUT2D eigenvalue weighted by molar-refractivity contribution is 0.458. The number of nitrogens with one attached hydrogen (secondary N) is 1. The second-order valence-corrected chi connectivity index (χ2v) is 5.22. The van der Waals surface area contributed by atoms with E-state index in [1.165, 1.54) is 18.5 Å². The van der Waals surface area contributed by atoms with Crippen molar-refractivity contribution in [3.8, 4) is 11.6 Å². The molecule has 8 heteroatoms. The molecule has 0 unspecified atom stereocenters. The molecular weight excluding hydrogens is 333 g/mol. The van der Waals surface area contributed by atoms with E-state index in [0.717, 1.165) is 5.56 Å². The quantitative estimate of drug-likeness (QED) is 0.734. The van der Waals surface area contributed by atoms with Crippen LogP contribution >= 0.6 is 11.6 Å². The molecule has 0 bridgehead atoms. The van der Waals surface area contributed by atoms with Crippen LogP contribution < -0.4 is 15.8 Å². The highest BCUT2D eigenvalue weighted by atomic mass is 35.5. The van der Waals surface area contributed by atoms with Crippen LogP contribution in [0.15, 0.2) is 48.9 Å². The fourth-order valence-corrected chi connectivity index (χ4v) is 2.08. The molecule has 0 spiro atoms. The van der Waals surface area contributed by atoms with Crippen molar-refractivity contribution in [2.45, 2.75) is 6.54 Å². The summed E-state index contributed by atoms with van der Waals surface area (Å²) in [7, 11) is 0. The molecule has 3 N–H and O–H groups in total. The third-order valence-corrected chi connectivity index (χ3v) is 3.47. The molecule has 0 aliphatic heterocycles. The average Bonchev–Trinajstić information content (AvgIpc) is 2.58. The molecule has 0 saturated carbocycles. The number of pyridine rings is 1. The van der Waals surface area contributed by atoms with E-state index >= 15 is 0 Å². The van der Waals surface area contributed by atoms with Crippen LogP contribution in [0, 0.1) is 5.82 Å². The van der Waals surface area contributed by atoms with E-state index in [9.17, 15) is 4.39 Å². The van der Waals surface area contributed by atoms with Crippen LogP contribution in [-0.4, -0.2) is 15.0 Å². The summed E-state index contributed by atoms with van der Waals surface area (Å²) >= 11 is 6.01. The first-order valence-electron chi connectivity index (χ1n) is 7.00. The average molecular weight is 346 g/mol. The highest BCUT2D eigenvalue weighted by molar-refractivity contribution is 6.35. The molecule has 3 rings (SSSR count). The van der Waals surface area contributed by atoms with Crippen LogP contribution in [0.1, 0.15) is 5.56 Å². The number of benzene rings is 1. The van der Waals surface area contributed by atoms with Gasteiger partial charge in [-0.25, -0.2) is 19.3 Å². The molecule has 24 heavy (non-hydrogen) atoms. The largest absolute Gasteiger partial charge is 0.439 e. The van der Waals surface area contributed by atoms with Crippen molar-refractivity contribution >= 4 is 23.2 Å². The van der Waals surface area contributed by atoms with Crippen LogP contribution in [-0.2, 0) is 6.54 Å². The summed E-state index contributed by atoms with van der Waals surface area (Å²) in [6.45, 7) is 0.448. The number of ether oxygens (including phenoxy) is 1. The normalized spacial score (nSPS) is 10.4. The molecule has 0 atom stereocenters. The maximum atomic E-state index is 13.1. The Balaban J connectivity index is 1.63. The van der Waals surface area contributed by atoms with Gasteiger partial charge in [0.2, 0.25) is 5.88 Å². The third kappa shape index (κ3) is 3.88. The Hall–Kier alpha value is -2.93. The maximum Gasteiger partial charge on any atom is 0.219 e. The zero-order valence-corrected chi connectivity index (χ0v) is 13.2. The Labute approximate surface area is 142 Å². The molecule has 6 nitrogen and oxygen atoms in total. The number of nitrogens with two attached hydrogens (primary N) is 1. The summed E-state index contributed by atoms with van der Waals surface area (Å²) in [4.78, 5) is 12.0. The summed E-state index contributed by atoms with van der Waals surface area (Å²) < 4.78 is 18.6. The number of aromatic nitrogens is 3. The van der Waals surface area contributed by atoms with Crippen LogP contribution in [0.3, 0.4) is 0 Å². The van der Waals surface area contributed by atoms with E-state index in [1.807, 2.05) is 6.07 Å². The SMILES string of the molecule is Nc1ncnc(NCc2ccc(Oc3cccc(F)c3)nc2)c1Cl. The summed E-state index contributed by atoms with van der Waals surface area (Å²) in [5, 5.41) is 3.33. The van der Waals surface area contributed by atoms with Gasteiger partial charge in [0, 0.05) is 24.9 Å². The van der Waals surface area contributed by atoms with E-state index in [0.29, 0.717) is 24.0 Å². The van der Waals surface area contributed by atoms with Gasteiger partial charge >= 0.3 is 0 Å². The standard InChI is InChI=1S/C16H13ClFN5O/c17-14-15(19)22-9-23-16(14)21-8-10-4-5-13(20-7-10)24-12-3-1-2-11(18)6-12/h1-7,9H,8H2,(H3,19,21,22,23). The van der Waals surface area contributed by atoms with Gasteiger partial charge in [-0.2, -0.15) is 0 Å². The van der Waals surface area contributed by atoms with Crippen LogP contribution in [0.5, 0.6) is 11.6 Å². The van der Waals surface area contributed by atoms with Gasteiger partial charge < -0.3 is 15.8 Å². The molecule has 0 radical (unpaired) electrons. The zero-order valence-electron chi connectivity index (χ0n) is 12.4. The van der Waals surface area contributed by atoms with E-state index in [1.54, 1.807) is 24.4 Å². The zero-order chi connectivity index (χ0) is 16.9. The minimum Gasteiger partial charge on any atom is -0.439 e. The van der Waals surface area contributed by atoms with Crippen molar-refractivity contribution in [2.75, 3.05) is 11.1 Å². The molecule has 0 aliphatic rings. The molecular formula is C16H13ClFN5O. The van der Waals surface area contributed by atoms with Gasteiger partial charge in [0.05, 0.1) is 0 Å². The van der Waals surface area contributed by atoms with Crippen molar-refractivity contribution in [3.63, 3.8) is 0 Å². The number of rotatable bonds is 5. The van der Waals surface area contributed by atoms with E-state index in [-0.39, 0.29) is 16.7 Å². The molecule has 0 aliphatic carbocycles. The van der Waals surface area contributed by atoms with Gasteiger partial charge in [0.25, 0.3) is 0 Å². The lowest BCUT2D eigenvalue weighted by Crippen LogP contribution is -2.04. The summed E-state index contributed by atoms with van der Waals surface area (Å²) in [6, 6.07) is 9.38. The highest BCUT2D eigenvalue weighted by Gasteiger charge is 2.06. The summed E-state index contributed by atoms with van der Waals surface area (Å²) in [5.41, 5.74) is 6.50. The molecule has 122 valence electrons. The molecule has 2 aromatic heterocycles. The van der Waals surface area contributed by atoms with E-state index < -0.39 is 0 Å². The lowest BCUT2D eigenvalue weighted by atomic mass is 10.3. The minimum absolute atomic E-state index is 0.214. The van der Waals surface area contributed by atoms with Crippen LogP contribution in [0.25, 0.3) is 0 Å². The van der Waals surface area contributed by atoms with Gasteiger partial charge in [-0.3, -0.25) is 0 Å². The number of nitrogen functional groups attached to an aromatic ring is 1. The summed E-state index contributed by atoms with van der Waals surface area (Å²) in [5.74, 6) is 1.05. The van der Waals surface area contributed by atoms with Crippen molar-refractivity contribution < 1.29 is 9.13 Å². The molecule has 0 saturated heterocycles. The monoisotopic (exact) mass is 345 g/mol. The van der Waals surface area contributed by atoms with Gasteiger partial charge in [0.1, 0.15) is 28.7 Å². The van der Waals surface area contributed by atoms with Crippen LogP contribution in [0.4, 0.5) is 16.0 Å². The number of hydrogen-bond acceptors (Lipinski definition) is 6. The molecule has 3 aromatic rings. The van der Waals surface area contributed by atoms with Crippen molar-refractivity contribution in [1.82, 2.24) is 15.0 Å². The van der Waals surface area contributed by atoms with Crippen molar-refractivity contribution in [2.24, 2.45) is 0 Å². The van der Waals surface area contributed by atoms with E-state index in [2.05, 4.69) is 20.3 Å². The van der Waals surface area contributed by atoms with Crippen molar-refractivity contribution in [3.05, 3.63) is 65.3 Å². The topological polar surface area (TPSA) is 86.0 Å². The number of hydrogen-bond donors (Lipinski definition) is 2. The summed E-state index contributed by atoms with van der Waals surface area (Å²) in [6.07, 6.45) is 2.97. The molecule has 2 heterocycles. The first kappa shape index (κ1) is 15.9. The van der Waals surface area contributed by atoms with E-state index in [4.69, 9.17) is 22.1 Å². The number of anilines is 2. The fraction of sp³-hybridized carbons (Fsp3) is 0.0625.